The van der Waals surface area contributed by atoms with Crippen LogP contribution in [0.2, 0.25) is 0 Å². The highest BCUT2D eigenvalue weighted by molar-refractivity contribution is 5.95. The summed E-state index contributed by atoms with van der Waals surface area (Å²) in [6, 6.07) is 17.2. The van der Waals surface area contributed by atoms with Gasteiger partial charge in [0, 0.05) is 5.69 Å². The number of amides is 1. The molecule has 1 N–H and O–H groups in total. The molecule has 0 aliphatic rings. The van der Waals surface area contributed by atoms with E-state index in [1.807, 2.05) is 12.1 Å². The lowest BCUT2D eigenvalue weighted by Gasteiger charge is -2.17. The zero-order valence-electron chi connectivity index (χ0n) is 13.9. The fourth-order valence-electron chi connectivity index (χ4n) is 1.95. The average Bonchev–Trinajstić information content (AvgIpc) is 2.63. The van der Waals surface area contributed by atoms with Gasteiger partial charge in [0.1, 0.15) is 5.75 Å². The number of esters is 1. The number of carbonyl (C=O) groups excluding carboxylic acids is 2. The van der Waals surface area contributed by atoms with Gasteiger partial charge in [0.15, 0.2) is 12.2 Å². The zero-order valence-corrected chi connectivity index (χ0v) is 13.9. The Balaban J connectivity index is 1.86. The van der Waals surface area contributed by atoms with Crippen molar-refractivity contribution in [3.8, 4) is 11.8 Å². The summed E-state index contributed by atoms with van der Waals surface area (Å²) in [4.78, 5) is 24.1. The molecule has 0 radical (unpaired) electrons. The van der Waals surface area contributed by atoms with E-state index in [2.05, 4.69) is 5.32 Å². The normalized spacial score (nSPS) is 12.4. The first-order chi connectivity index (χ1) is 12.0. The van der Waals surface area contributed by atoms with E-state index in [1.54, 1.807) is 48.5 Å². The minimum absolute atomic E-state index is 0.426. The van der Waals surface area contributed by atoms with Gasteiger partial charge < -0.3 is 14.8 Å². The SMILES string of the molecule is C[C@@H](OC(=O)[C@@H](C)Oc1ccc(C#N)cc1)C(=O)Nc1ccccc1. The highest BCUT2D eigenvalue weighted by Crippen LogP contribution is 2.14. The van der Waals surface area contributed by atoms with Gasteiger partial charge in [-0.3, -0.25) is 4.79 Å². The lowest BCUT2D eigenvalue weighted by Crippen LogP contribution is -2.35. The molecule has 2 rings (SSSR count). The molecule has 2 atom stereocenters. The van der Waals surface area contributed by atoms with Crippen LogP contribution in [0.4, 0.5) is 5.69 Å². The predicted molar refractivity (Wildman–Crippen MR) is 91.9 cm³/mol. The maximum atomic E-state index is 12.1. The van der Waals surface area contributed by atoms with Crippen molar-refractivity contribution in [3.63, 3.8) is 0 Å². The van der Waals surface area contributed by atoms with Gasteiger partial charge >= 0.3 is 5.97 Å². The van der Waals surface area contributed by atoms with Gasteiger partial charge in [0.25, 0.3) is 5.91 Å². The standard InChI is InChI=1S/C19H18N2O4/c1-13(18(22)21-16-6-4-3-5-7-16)25-19(23)14(2)24-17-10-8-15(12-20)9-11-17/h3-11,13-14H,1-2H3,(H,21,22)/t13-,14-/m1/s1. The molecule has 0 fully saturated rings. The Morgan fingerprint density at radius 1 is 1.00 bits per heavy atom. The fraction of sp³-hybridized carbons (Fsp3) is 0.211. The molecule has 0 bridgehead atoms. The van der Waals surface area contributed by atoms with E-state index >= 15 is 0 Å². The molecule has 0 aliphatic carbocycles. The van der Waals surface area contributed by atoms with Crippen LogP contribution in [0.25, 0.3) is 0 Å². The minimum atomic E-state index is -0.959. The van der Waals surface area contributed by atoms with Crippen LogP contribution in [-0.2, 0) is 14.3 Å². The third-order valence-electron chi connectivity index (χ3n) is 3.33. The number of para-hydroxylation sites is 1. The first-order valence-electron chi connectivity index (χ1n) is 7.73. The molecule has 0 unspecified atom stereocenters. The molecule has 0 saturated heterocycles. The Labute approximate surface area is 146 Å². The van der Waals surface area contributed by atoms with Crippen molar-refractivity contribution in [1.29, 1.82) is 5.26 Å². The quantitative estimate of drug-likeness (QED) is 0.818. The van der Waals surface area contributed by atoms with Gasteiger partial charge in [-0.2, -0.15) is 5.26 Å². The van der Waals surface area contributed by atoms with Crippen molar-refractivity contribution < 1.29 is 19.1 Å². The Morgan fingerprint density at radius 3 is 2.24 bits per heavy atom. The lowest BCUT2D eigenvalue weighted by molar-refractivity contribution is -0.159. The van der Waals surface area contributed by atoms with Gasteiger partial charge in [-0.25, -0.2) is 4.79 Å². The molecule has 0 spiro atoms. The number of benzene rings is 2. The first-order valence-corrected chi connectivity index (χ1v) is 7.73. The molecule has 0 saturated carbocycles. The average molecular weight is 338 g/mol. The summed E-state index contributed by atoms with van der Waals surface area (Å²) >= 11 is 0. The third kappa shape index (κ3) is 5.36. The summed E-state index contributed by atoms with van der Waals surface area (Å²) in [5.74, 6) is -0.643. The summed E-state index contributed by atoms with van der Waals surface area (Å²) in [7, 11) is 0. The predicted octanol–water partition coefficient (Wildman–Crippen LogP) is 2.90. The van der Waals surface area contributed by atoms with Crippen molar-refractivity contribution in [2.45, 2.75) is 26.1 Å². The Kier molecular flexibility index (Phi) is 6.13. The summed E-state index contributed by atoms with van der Waals surface area (Å²) in [6.07, 6.45) is -1.85. The van der Waals surface area contributed by atoms with Gasteiger partial charge in [-0.1, -0.05) is 18.2 Å². The van der Waals surface area contributed by atoms with Crippen LogP contribution in [0.15, 0.2) is 54.6 Å². The molecule has 2 aromatic carbocycles. The molecule has 1 amide bonds. The van der Waals surface area contributed by atoms with E-state index in [-0.39, 0.29) is 0 Å². The Hall–Kier alpha value is -3.33. The van der Waals surface area contributed by atoms with Crippen molar-refractivity contribution in [1.82, 2.24) is 0 Å². The number of carbonyl (C=O) groups is 2. The molecule has 128 valence electrons. The number of rotatable bonds is 6. The van der Waals surface area contributed by atoms with Crippen LogP contribution in [-0.4, -0.2) is 24.1 Å². The fourth-order valence-corrected chi connectivity index (χ4v) is 1.95. The Bertz CT molecular complexity index is 766. The van der Waals surface area contributed by atoms with Gasteiger partial charge in [0.2, 0.25) is 0 Å². The number of hydrogen-bond acceptors (Lipinski definition) is 5. The maximum Gasteiger partial charge on any atom is 0.347 e. The highest BCUT2D eigenvalue weighted by Gasteiger charge is 2.23. The molecule has 0 aliphatic heterocycles. The van der Waals surface area contributed by atoms with Crippen LogP contribution in [0.3, 0.4) is 0 Å². The molecular weight excluding hydrogens is 320 g/mol. The smallest absolute Gasteiger partial charge is 0.347 e. The summed E-state index contributed by atoms with van der Waals surface area (Å²) in [5.41, 5.74) is 1.12. The second-order valence-corrected chi connectivity index (χ2v) is 5.33. The monoisotopic (exact) mass is 338 g/mol. The van der Waals surface area contributed by atoms with Crippen molar-refractivity contribution in [3.05, 3.63) is 60.2 Å². The van der Waals surface area contributed by atoms with Crippen LogP contribution in [0.5, 0.6) is 5.75 Å². The number of nitrogens with zero attached hydrogens (tertiary/aromatic N) is 1. The largest absolute Gasteiger partial charge is 0.479 e. The molecule has 6 nitrogen and oxygen atoms in total. The van der Waals surface area contributed by atoms with Crippen molar-refractivity contribution in [2.24, 2.45) is 0 Å². The van der Waals surface area contributed by atoms with Crippen LogP contribution in [0.1, 0.15) is 19.4 Å². The summed E-state index contributed by atoms with van der Waals surface area (Å²) in [6.45, 7) is 3.02. The van der Waals surface area contributed by atoms with Gasteiger partial charge in [0.05, 0.1) is 11.6 Å². The van der Waals surface area contributed by atoms with E-state index in [0.29, 0.717) is 17.0 Å². The minimum Gasteiger partial charge on any atom is -0.479 e. The van der Waals surface area contributed by atoms with Crippen LogP contribution < -0.4 is 10.1 Å². The van der Waals surface area contributed by atoms with Crippen molar-refractivity contribution >= 4 is 17.6 Å². The topological polar surface area (TPSA) is 88.4 Å². The number of ether oxygens (including phenoxy) is 2. The molecule has 0 aromatic heterocycles. The lowest BCUT2D eigenvalue weighted by atomic mass is 10.2. The van der Waals surface area contributed by atoms with Gasteiger partial charge in [-0.15, -0.1) is 0 Å². The van der Waals surface area contributed by atoms with Crippen molar-refractivity contribution in [2.75, 3.05) is 5.32 Å². The highest BCUT2D eigenvalue weighted by atomic mass is 16.6. The number of nitrogens with one attached hydrogen (secondary N) is 1. The molecule has 25 heavy (non-hydrogen) atoms. The van der Waals surface area contributed by atoms with E-state index in [1.165, 1.54) is 13.8 Å². The third-order valence-corrected chi connectivity index (χ3v) is 3.33. The Morgan fingerprint density at radius 2 is 1.64 bits per heavy atom. The van der Waals surface area contributed by atoms with Crippen LogP contribution in [0, 0.1) is 11.3 Å². The van der Waals surface area contributed by atoms with E-state index in [9.17, 15) is 9.59 Å². The number of nitriles is 1. The molecule has 2 aromatic rings. The van der Waals surface area contributed by atoms with Gasteiger partial charge in [-0.05, 0) is 50.2 Å². The summed E-state index contributed by atoms with van der Waals surface area (Å²) < 4.78 is 10.6. The molecule has 0 heterocycles. The maximum absolute atomic E-state index is 12.1. The summed E-state index contributed by atoms with van der Waals surface area (Å²) in [5, 5.41) is 11.4. The second-order valence-electron chi connectivity index (χ2n) is 5.33. The van der Waals surface area contributed by atoms with E-state index in [4.69, 9.17) is 14.7 Å². The number of hydrogen-bond donors (Lipinski definition) is 1. The molecular formula is C19H18N2O4. The van der Waals surface area contributed by atoms with Crippen LogP contribution >= 0.6 is 0 Å². The second kappa shape index (κ2) is 8.50. The first kappa shape index (κ1) is 18.0. The molecule has 6 heteroatoms. The zero-order chi connectivity index (χ0) is 18.2. The number of anilines is 1. The van der Waals surface area contributed by atoms with E-state index in [0.717, 1.165) is 0 Å². The van der Waals surface area contributed by atoms with E-state index < -0.39 is 24.1 Å².